The summed E-state index contributed by atoms with van der Waals surface area (Å²) in [4.78, 5) is 30.1. The molecule has 0 aliphatic heterocycles. The van der Waals surface area contributed by atoms with Crippen LogP contribution in [-0.2, 0) is 15.0 Å². The fraction of sp³-hybridized carbons (Fsp3) is 0.367. The molecule has 0 saturated carbocycles. The van der Waals surface area contributed by atoms with Gasteiger partial charge < -0.3 is 4.84 Å². The Morgan fingerprint density at radius 1 is 0.950 bits per heavy atom. The summed E-state index contributed by atoms with van der Waals surface area (Å²) in [6, 6.07) is 10.9. The molecule has 4 nitrogen and oxygen atoms in total. The number of alkyl halides is 6. The molecule has 2 aromatic rings. The van der Waals surface area contributed by atoms with Gasteiger partial charge in [0.25, 0.3) is 0 Å². The van der Waals surface area contributed by atoms with Gasteiger partial charge in [-0.05, 0) is 59.1 Å². The quantitative estimate of drug-likeness (QED) is 0.107. The zero-order valence-electron chi connectivity index (χ0n) is 21.8. The number of fused-ring (bicyclic) bond motifs is 3. The van der Waals surface area contributed by atoms with Gasteiger partial charge in [-0.25, -0.2) is 4.79 Å². The number of nitrogens with zero attached hydrogens (tertiary/aromatic N) is 1. The maximum atomic E-state index is 13.8. The molecule has 212 valence electrons. The van der Waals surface area contributed by atoms with Gasteiger partial charge in [0, 0.05) is 30.7 Å². The minimum atomic E-state index is -4.60. The number of carbonyl (C=O) groups is 2. The van der Waals surface area contributed by atoms with Crippen molar-refractivity contribution >= 4 is 17.5 Å². The first-order valence-electron chi connectivity index (χ1n) is 12.8. The molecule has 0 spiro atoms. The van der Waals surface area contributed by atoms with Crippen LogP contribution in [0, 0.1) is 5.92 Å². The third kappa shape index (κ3) is 6.21. The molecule has 0 saturated heterocycles. The molecule has 0 N–H and O–H groups in total. The predicted molar refractivity (Wildman–Crippen MR) is 138 cm³/mol. The van der Waals surface area contributed by atoms with Crippen molar-refractivity contribution in [1.82, 2.24) is 0 Å². The molecule has 10 heteroatoms. The first-order valence-corrected chi connectivity index (χ1v) is 12.8. The number of allylic oxidation sites excluding steroid dienone is 4. The van der Waals surface area contributed by atoms with Crippen molar-refractivity contribution in [3.8, 4) is 11.1 Å². The molecule has 4 rings (SSSR count). The molecule has 0 aromatic heterocycles. The van der Waals surface area contributed by atoms with E-state index in [1.54, 1.807) is 42.5 Å². The second kappa shape index (κ2) is 11.1. The van der Waals surface area contributed by atoms with Crippen molar-refractivity contribution < 1.29 is 40.8 Å². The number of oxime groups is 1. The second-order valence-corrected chi connectivity index (χ2v) is 10.2. The van der Waals surface area contributed by atoms with Crippen LogP contribution in [0.5, 0.6) is 0 Å². The molecule has 1 unspecified atom stereocenters. The molecule has 0 amide bonds. The van der Waals surface area contributed by atoms with Crippen molar-refractivity contribution in [1.29, 1.82) is 0 Å². The van der Waals surface area contributed by atoms with E-state index in [-0.39, 0.29) is 22.8 Å². The highest BCUT2D eigenvalue weighted by atomic mass is 19.4. The van der Waals surface area contributed by atoms with Crippen LogP contribution in [0.15, 0.2) is 71.4 Å². The molecule has 2 aliphatic carbocycles. The molecule has 40 heavy (non-hydrogen) atoms. The summed E-state index contributed by atoms with van der Waals surface area (Å²) in [7, 11) is 0. The van der Waals surface area contributed by atoms with Gasteiger partial charge in [-0.15, -0.1) is 0 Å². The van der Waals surface area contributed by atoms with Gasteiger partial charge in [0.1, 0.15) is 0 Å². The van der Waals surface area contributed by atoms with Gasteiger partial charge in [-0.3, -0.25) is 4.79 Å². The lowest BCUT2D eigenvalue weighted by Crippen LogP contribution is -2.30. The van der Waals surface area contributed by atoms with Gasteiger partial charge in [-0.2, -0.15) is 26.3 Å². The molecule has 0 bridgehead atoms. The standard InChI is InChI=1S/C30H27F6NO3/c1-18-7-3-4-8-21(18)26(37-40-19(2)38)27(39)20-11-12-23-22-9-5-6-10-24(22)28(25(23)17-20,13-15-29(31,32)33)14-16-30(34,35)36/h3-6,8-12,17-18H,7,13-16H2,1-2H3/b37-26+. The van der Waals surface area contributed by atoms with Crippen LogP contribution in [0.1, 0.15) is 67.4 Å². The van der Waals surface area contributed by atoms with Crippen LogP contribution in [0.3, 0.4) is 0 Å². The van der Waals surface area contributed by atoms with E-state index in [2.05, 4.69) is 5.16 Å². The topological polar surface area (TPSA) is 55.7 Å². The summed E-state index contributed by atoms with van der Waals surface area (Å²) in [6.07, 6.45) is -7.15. The summed E-state index contributed by atoms with van der Waals surface area (Å²) in [6.45, 7) is 2.97. The number of hydrogen-bond donors (Lipinski definition) is 0. The number of rotatable bonds is 8. The van der Waals surface area contributed by atoms with Gasteiger partial charge in [0.15, 0.2) is 5.71 Å². The van der Waals surface area contributed by atoms with Crippen LogP contribution < -0.4 is 0 Å². The smallest absolute Gasteiger partial charge is 0.318 e. The van der Waals surface area contributed by atoms with Gasteiger partial charge in [0.05, 0.1) is 0 Å². The Balaban J connectivity index is 1.87. The number of ketones is 1. The average Bonchev–Trinajstić information content (AvgIpc) is 3.16. The lowest BCUT2D eigenvalue weighted by atomic mass is 9.70. The van der Waals surface area contributed by atoms with Gasteiger partial charge >= 0.3 is 18.3 Å². The number of halogens is 6. The molecule has 0 heterocycles. The summed E-state index contributed by atoms with van der Waals surface area (Å²) >= 11 is 0. The van der Waals surface area contributed by atoms with E-state index in [4.69, 9.17) is 4.84 Å². The maximum absolute atomic E-state index is 13.8. The van der Waals surface area contributed by atoms with Crippen molar-refractivity contribution in [2.75, 3.05) is 0 Å². The minimum absolute atomic E-state index is 0.0171. The van der Waals surface area contributed by atoms with E-state index in [0.29, 0.717) is 28.7 Å². The Kier molecular flexibility index (Phi) is 8.10. The Morgan fingerprint density at radius 2 is 1.57 bits per heavy atom. The fourth-order valence-corrected chi connectivity index (χ4v) is 5.50. The Hall–Kier alpha value is -3.69. The highest BCUT2D eigenvalue weighted by Crippen LogP contribution is 2.55. The van der Waals surface area contributed by atoms with Crippen molar-refractivity contribution in [3.05, 3.63) is 83.0 Å². The molecule has 0 radical (unpaired) electrons. The molecule has 2 aliphatic rings. The van der Waals surface area contributed by atoms with Crippen LogP contribution in [0.2, 0.25) is 0 Å². The maximum Gasteiger partial charge on any atom is 0.389 e. The zero-order valence-corrected chi connectivity index (χ0v) is 21.8. The van der Waals surface area contributed by atoms with Gasteiger partial charge in [0.2, 0.25) is 5.78 Å². The third-order valence-electron chi connectivity index (χ3n) is 7.39. The molecule has 0 fully saturated rings. The molecule has 1 atom stereocenters. The van der Waals surface area contributed by atoms with Crippen molar-refractivity contribution in [3.63, 3.8) is 0 Å². The summed E-state index contributed by atoms with van der Waals surface area (Å²) in [5.41, 5.74) is 0.337. The monoisotopic (exact) mass is 563 g/mol. The van der Waals surface area contributed by atoms with E-state index in [1.165, 1.54) is 12.1 Å². The second-order valence-electron chi connectivity index (χ2n) is 10.2. The summed E-state index contributed by atoms with van der Waals surface area (Å²) in [5.74, 6) is -1.57. The largest absolute Gasteiger partial charge is 0.389 e. The highest BCUT2D eigenvalue weighted by molar-refractivity contribution is 6.51. The van der Waals surface area contributed by atoms with Crippen LogP contribution >= 0.6 is 0 Å². The van der Waals surface area contributed by atoms with E-state index in [9.17, 15) is 35.9 Å². The van der Waals surface area contributed by atoms with Crippen LogP contribution in [0.4, 0.5) is 26.3 Å². The number of carbonyl (C=O) groups excluding carboxylic acids is 2. The first-order chi connectivity index (χ1) is 18.7. The molecular weight excluding hydrogens is 536 g/mol. The highest BCUT2D eigenvalue weighted by Gasteiger charge is 2.47. The minimum Gasteiger partial charge on any atom is -0.318 e. The van der Waals surface area contributed by atoms with Crippen molar-refractivity contribution in [2.45, 2.75) is 63.7 Å². The van der Waals surface area contributed by atoms with E-state index >= 15 is 0 Å². The van der Waals surface area contributed by atoms with E-state index in [0.717, 1.165) is 6.92 Å². The number of Topliss-reactive ketones (excluding diaryl/α,β-unsaturated/α-hetero) is 1. The SMILES string of the molecule is CC(=O)O/N=C(/C(=O)c1ccc2c(c1)C(CCC(F)(F)F)(CCC(F)(F)F)c1ccccc1-2)C1=CC=CCC1C. The lowest BCUT2D eigenvalue weighted by Gasteiger charge is -2.33. The van der Waals surface area contributed by atoms with Crippen molar-refractivity contribution in [2.24, 2.45) is 11.1 Å². The van der Waals surface area contributed by atoms with E-state index in [1.807, 2.05) is 13.0 Å². The predicted octanol–water partition coefficient (Wildman–Crippen LogP) is 8.26. The summed E-state index contributed by atoms with van der Waals surface area (Å²) in [5, 5.41) is 3.80. The van der Waals surface area contributed by atoms with Crippen LogP contribution in [-0.4, -0.2) is 29.8 Å². The van der Waals surface area contributed by atoms with E-state index < -0.39 is 55.2 Å². The Labute approximate surface area is 227 Å². The Bertz CT molecular complexity index is 1380. The summed E-state index contributed by atoms with van der Waals surface area (Å²) < 4.78 is 80.8. The third-order valence-corrected chi connectivity index (χ3v) is 7.39. The fourth-order valence-electron chi connectivity index (χ4n) is 5.50. The number of hydrogen-bond acceptors (Lipinski definition) is 4. The molecule has 2 aromatic carbocycles. The Morgan fingerprint density at radius 3 is 2.17 bits per heavy atom. The van der Waals surface area contributed by atoms with Gasteiger partial charge in [-0.1, -0.05) is 66.7 Å². The van der Waals surface area contributed by atoms with Crippen LogP contribution in [0.25, 0.3) is 11.1 Å². The molecular formula is C30H27F6NO3. The number of benzene rings is 2. The normalized spacial score (nSPS) is 18.1. The lowest BCUT2D eigenvalue weighted by molar-refractivity contribution is -0.144. The zero-order chi connectivity index (χ0) is 29.3. The average molecular weight is 564 g/mol. The first kappa shape index (κ1) is 29.3.